The zero-order valence-electron chi connectivity index (χ0n) is 15.3. The summed E-state index contributed by atoms with van der Waals surface area (Å²) in [4.78, 5) is 12.7. The summed E-state index contributed by atoms with van der Waals surface area (Å²) in [5.74, 6) is 0.704. The Balaban J connectivity index is 2.08. The van der Waals surface area contributed by atoms with E-state index in [1.165, 1.54) is 24.8 Å². The van der Waals surface area contributed by atoms with Gasteiger partial charge in [0.1, 0.15) is 5.75 Å². The summed E-state index contributed by atoms with van der Waals surface area (Å²) >= 11 is 0. The van der Waals surface area contributed by atoms with E-state index in [1.807, 2.05) is 6.92 Å². The van der Waals surface area contributed by atoms with Crippen LogP contribution in [-0.2, 0) is 14.8 Å². The van der Waals surface area contributed by atoms with Crippen molar-refractivity contribution in [3.05, 3.63) is 35.9 Å². The quantitative estimate of drug-likeness (QED) is 0.781. The molecule has 1 aromatic carbocycles. The van der Waals surface area contributed by atoms with Crippen molar-refractivity contribution in [2.75, 3.05) is 7.11 Å². The number of amides is 1. The molecule has 0 bridgehead atoms. The van der Waals surface area contributed by atoms with Gasteiger partial charge in [0.05, 0.1) is 17.4 Å². The number of allylic oxidation sites excluding steroid dienone is 2. The van der Waals surface area contributed by atoms with Gasteiger partial charge in [0.2, 0.25) is 5.91 Å². The molecule has 1 aromatic rings. The van der Waals surface area contributed by atoms with E-state index in [-0.39, 0.29) is 4.90 Å². The molecule has 1 N–H and O–H groups in total. The van der Waals surface area contributed by atoms with Gasteiger partial charge in [0.15, 0.2) is 0 Å². The fourth-order valence-corrected chi connectivity index (χ4v) is 4.09. The highest BCUT2D eigenvalue weighted by Crippen LogP contribution is 2.37. The van der Waals surface area contributed by atoms with Crippen molar-refractivity contribution in [2.45, 2.75) is 51.3 Å². The number of hydrogen-bond donors (Lipinski definition) is 1. The van der Waals surface area contributed by atoms with Crippen molar-refractivity contribution in [1.82, 2.24) is 4.72 Å². The smallest absolute Gasteiger partial charge is 0.264 e. The summed E-state index contributed by atoms with van der Waals surface area (Å²) in [5.41, 5.74) is 0.665. The summed E-state index contributed by atoms with van der Waals surface area (Å²) in [5, 5.41) is 0. The molecule has 1 amide bonds. The zero-order chi connectivity index (χ0) is 18.7. The van der Waals surface area contributed by atoms with Crippen molar-refractivity contribution in [3.63, 3.8) is 0 Å². The summed E-state index contributed by atoms with van der Waals surface area (Å²) in [7, 11) is -2.37. The number of rotatable bonds is 6. The number of carbonyl (C=O) groups is 1. The van der Waals surface area contributed by atoms with E-state index in [0.29, 0.717) is 24.5 Å². The van der Waals surface area contributed by atoms with Gasteiger partial charge >= 0.3 is 0 Å². The Hall–Kier alpha value is -1.82. The van der Waals surface area contributed by atoms with Crippen LogP contribution in [0.5, 0.6) is 5.75 Å². The predicted molar refractivity (Wildman–Crippen MR) is 97.8 cm³/mol. The SMILES string of the molecule is COc1ccc(S(=O)(=O)NC(=O)C2(C)CC=C(CC(C)C)CC2)cc1. The zero-order valence-corrected chi connectivity index (χ0v) is 16.2. The maximum Gasteiger partial charge on any atom is 0.264 e. The lowest BCUT2D eigenvalue weighted by molar-refractivity contribution is -0.128. The molecule has 1 unspecified atom stereocenters. The molecule has 138 valence electrons. The maximum atomic E-state index is 12.6. The van der Waals surface area contributed by atoms with Gasteiger partial charge in [-0.15, -0.1) is 0 Å². The molecular formula is C19H27NO4S. The molecule has 1 atom stereocenters. The fourth-order valence-electron chi connectivity index (χ4n) is 2.99. The predicted octanol–water partition coefficient (Wildman–Crippen LogP) is 3.66. The maximum absolute atomic E-state index is 12.6. The molecule has 1 aliphatic rings. The average Bonchev–Trinajstić information content (AvgIpc) is 2.56. The third-order valence-corrected chi connectivity index (χ3v) is 6.00. The number of carbonyl (C=O) groups excluding carboxylic acids is 1. The second-order valence-electron chi connectivity index (χ2n) is 7.34. The topological polar surface area (TPSA) is 72.5 Å². The van der Waals surface area contributed by atoms with Crippen LogP contribution in [0.2, 0.25) is 0 Å². The van der Waals surface area contributed by atoms with Crippen LogP contribution in [0.3, 0.4) is 0 Å². The Bertz CT molecular complexity index is 750. The van der Waals surface area contributed by atoms with Crippen LogP contribution in [0.15, 0.2) is 40.8 Å². The molecule has 6 heteroatoms. The van der Waals surface area contributed by atoms with Gasteiger partial charge in [-0.2, -0.15) is 0 Å². The van der Waals surface area contributed by atoms with Crippen LogP contribution < -0.4 is 9.46 Å². The van der Waals surface area contributed by atoms with Crippen LogP contribution in [-0.4, -0.2) is 21.4 Å². The summed E-state index contributed by atoms with van der Waals surface area (Å²) in [6.07, 6.45) is 5.20. The van der Waals surface area contributed by atoms with Crippen molar-refractivity contribution in [3.8, 4) is 5.75 Å². The van der Waals surface area contributed by atoms with Gasteiger partial charge in [-0.05, 0) is 55.9 Å². The molecule has 0 saturated heterocycles. The first-order chi connectivity index (χ1) is 11.7. The molecule has 25 heavy (non-hydrogen) atoms. The lowest BCUT2D eigenvalue weighted by Crippen LogP contribution is -2.42. The van der Waals surface area contributed by atoms with E-state index >= 15 is 0 Å². The normalized spacial score (nSPS) is 20.9. The van der Waals surface area contributed by atoms with Gasteiger partial charge in [0.25, 0.3) is 10.0 Å². The Morgan fingerprint density at radius 3 is 2.40 bits per heavy atom. The molecule has 0 saturated carbocycles. The Morgan fingerprint density at radius 2 is 1.92 bits per heavy atom. The lowest BCUT2D eigenvalue weighted by atomic mass is 9.75. The number of methoxy groups -OCH3 is 1. The minimum Gasteiger partial charge on any atom is -0.497 e. The van der Waals surface area contributed by atoms with Crippen LogP contribution in [0.4, 0.5) is 0 Å². The van der Waals surface area contributed by atoms with E-state index in [1.54, 1.807) is 12.1 Å². The van der Waals surface area contributed by atoms with Crippen LogP contribution in [0.25, 0.3) is 0 Å². The lowest BCUT2D eigenvalue weighted by Gasteiger charge is -2.31. The second kappa shape index (κ2) is 7.60. The summed E-state index contributed by atoms with van der Waals surface area (Å²) in [6, 6.07) is 5.97. The molecule has 0 heterocycles. The second-order valence-corrected chi connectivity index (χ2v) is 9.02. The van der Waals surface area contributed by atoms with Crippen LogP contribution >= 0.6 is 0 Å². The van der Waals surface area contributed by atoms with Gasteiger partial charge in [-0.1, -0.05) is 32.4 Å². The molecule has 0 aromatic heterocycles. The molecule has 0 aliphatic heterocycles. The highest BCUT2D eigenvalue weighted by molar-refractivity contribution is 7.90. The molecule has 5 nitrogen and oxygen atoms in total. The van der Waals surface area contributed by atoms with Crippen LogP contribution in [0, 0.1) is 11.3 Å². The Morgan fingerprint density at radius 1 is 1.28 bits per heavy atom. The first-order valence-corrected chi connectivity index (χ1v) is 10.0. The number of hydrogen-bond acceptors (Lipinski definition) is 4. The molecular weight excluding hydrogens is 338 g/mol. The molecule has 1 aliphatic carbocycles. The highest BCUT2D eigenvalue weighted by atomic mass is 32.2. The van der Waals surface area contributed by atoms with Crippen LogP contribution in [0.1, 0.15) is 46.5 Å². The first kappa shape index (κ1) is 19.5. The minimum atomic E-state index is -3.88. The highest BCUT2D eigenvalue weighted by Gasteiger charge is 2.37. The monoisotopic (exact) mass is 365 g/mol. The van der Waals surface area contributed by atoms with E-state index in [9.17, 15) is 13.2 Å². The third-order valence-electron chi connectivity index (χ3n) is 4.65. The number of ether oxygens (including phenoxy) is 1. The fraction of sp³-hybridized carbons (Fsp3) is 0.526. The minimum absolute atomic E-state index is 0.0529. The van der Waals surface area contributed by atoms with Gasteiger partial charge in [-0.25, -0.2) is 13.1 Å². The average molecular weight is 365 g/mol. The third kappa shape index (κ3) is 4.84. The van der Waals surface area contributed by atoms with Crippen molar-refractivity contribution < 1.29 is 17.9 Å². The molecule has 0 fully saturated rings. The van der Waals surface area contributed by atoms with Gasteiger partial charge in [0, 0.05) is 0 Å². The molecule has 0 spiro atoms. The van der Waals surface area contributed by atoms with Gasteiger partial charge in [-0.3, -0.25) is 4.79 Å². The molecule has 2 rings (SSSR count). The molecule has 0 radical (unpaired) electrons. The number of nitrogens with one attached hydrogen (secondary N) is 1. The Labute approximate surface area is 150 Å². The summed E-state index contributed by atoms with van der Waals surface area (Å²) in [6.45, 7) is 6.17. The van der Waals surface area contributed by atoms with Gasteiger partial charge < -0.3 is 4.74 Å². The van der Waals surface area contributed by atoms with E-state index in [4.69, 9.17) is 4.74 Å². The van der Waals surface area contributed by atoms with E-state index in [0.717, 1.165) is 12.8 Å². The van der Waals surface area contributed by atoms with E-state index in [2.05, 4.69) is 24.6 Å². The largest absolute Gasteiger partial charge is 0.497 e. The standard InChI is InChI=1S/C19H27NO4S/c1-14(2)13-15-9-11-19(3,12-10-15)18(21)20-25(22,23)17-7-5-16(24-4)6-8-17/h5-9,14H,10-13H2,1-4H3,(H,20,21). The Kier molecular flexibility index (Phi) is 5.93. The first-order valence-electron chi connectivity index (χ1n) is 8.55. The van der Waals surface area contributed by atoms with E-state index < -0.39 is 21.3 Å². The summed E-state index contributed by atoms with van der Waals surface area (Å²) < 4.78 is 32.2. The van der Waals surface area contributed by atoms with Crippen molar-refractivity contribution >= 4 is 15.9 Å². The number of sulfonamides is 1. The van der Waals surface area contributed by atoms with Crippen molar-refractivity contribution in [1.29, 1.82) is 0 Å². The number of benzene rings is 1. The van der Waals surface area contributed by atoms with Crippen molar-refractivity contribution in [2.24, 2.45) is 11.3 Å².